The van der Waals surface area contributed by atoms with Crippen molar-refractivity contribution in [3.05, 3.63) is 90.0 Å². The smallest absolute Gasteiger partial charge is 0.402 e. The highest BCUT2D eigenvalue weighted by atomic mass is 16.7. The lowest BCUT2D eigenvalue weighted by molar-refractivity contribution is -0.319. The average Bonchev–Trinajstić information content (AvgIpc) is 0.986. The first-order valence-corrected chi connectivity index (χ1v) is 27.8. The Morgan fingerprint density at radius 3 is 1.59 bits per heavy atom. The van der Waals surface area contributed by atoms with E-state index in [1.807, 2.05) is 0 Å². The van der Waals surface area contributed by atoms with Gasteiger partial charge < -0.3 is 144 Å². The number of aliphatic hydroxyl groups is 12. The van der Waals surface area contributed by atoms with Gasteiger partial charge >= 0.3 is 23.3 Å². The van der Waals surface area contributed by atoms with Crippen LogP contribution in [0.1, 0.15) is 18.1 Å². The van der Waals surface area contributed by atoms with E-state index < -0.39 is 178 Å². The molecule has 9 rings (SSSR count). The molecule has 4 aliphatic heterocycles. The molecule has 5 heterocycles. The van der Waals surface area contributed by atoms with Gasteiger partial charge in [-0.3, -0.25) is 0 Å². The lowest BCUT2D eigenvalue weighted by Gasteiger charge is -2.42. The molecule has 5 aromatic rings. The molecule has 0 aliphatic carbocycles. The Labute approximate surface area is 514 Å². The van der Waals surface area contributed by atoms with E-state index in [0.29, 0.717) is 5.56 Å². The third-order valence-electron chi connectivity index (χ3n) is 15.1. The van der Waals surface area contributed by atoms with Crippen LogP contribution in [0.2, 0.25) is 0 Å². The lowest BCUT2D eigenvalue weighted by Crippen LogP contribution is -2.62. The summed E-state index contributed by atoms with van der Waals surface area (Å²) in [6.45, 7) is -0.825. The van der Waals surface area contributed by atoms with Crippen molar-refractivity contribution in [1.82, 2.24) is 0 Å². The Bertz CT molecular complexity index is 3410. The highest BCUT2D eigenvalue weighted by Gasteiger charge is 2.51. The van der Waals surface area contributed by atoms with Gasteiger partial charge in [-0.2, -0.15) is 0 Å². The zero-order chi connectivity index (χ0) is 65.9. The first-order chi connectivity index (χ1) is 43.3. The maximum atomic E-state index is 13.1. The van der Waals surface area contributed by atoms with Gasteiger partial charge in [0.25, 0.3) is 0 Å². The van der Waals surface area contributed by atoms with Crippen LogP contribution in [0.25, 0.3) is 34.4 Å². The summed E-state index contributed by atoms with van der Waals surface area (Å²) in [4.78, 5) is 25.5. The molecule has 32 heteroatoms. The molecule has 0 saturated carbocycles. The van der Waals surface area contributed by atoms with Crippen LogP contribution in [0.15, 0.2) is 83.3 Å². The first kappa shape index (κ1) is 67.4. The molecule has 0 spiro atoms. The highest BCUT2D eigenvalue weighted by molar-refractivity contribution is 5.90. The maximum Gasteiger partial charge on any atom is 0.402 e. The van der Waals surface area contributed by atoms with Gasteiger partial charge in [0, 0.05) is 36.4 Å². The standard InChI is InChI=1S/C59H66O32/c1-22-54(91-41(66)11-7-24-5-9-31(30(64)13-24)85-57-51(76)47(72)44(69)38(89-57)20-81-40(65)10-6-23-4-8-28(62)29(63)12-23)49(74)53(78)56(83-22)82-21-39-45(70)48(73)52(77)59(90-39)87-36-18-27-32(84-55(36)25-14-34(79-2)42(67)35(15-25)80-3)16-26(61)17-33(27)86-58-50(75)46(71)43(68)37(19-60)88-58/h4-18,22,37-39,43-54,56-60,68-78H,19-21H2,1-3H3,(H4-,61,62,63,64,65,67)/p+1/b11-7+/t22?,37?,38?,39-,43-,44-,45-,46+,47+,48?,49?,50?,51?,52?,53+,54+,56-,57-,58-,59-/m1/s1. The van der Waals surface area contributed by atoms with Gasteiger partial charge in [-0.25, -0.2) is 14.0 Å². The number of aromatic hydroxyl groups is 5. The summed E-state index contributed by atoms with van der Waals surface area (Å²) >= 11 is 0. The fourth-order valence-corrected chi connectivity index (χ4v) is 10.0. The second-order valence-electron chi connectivity index (χ2n) is 21.3. The third kappa shape index (κ3) is 14.9. The van der Waals surface area contributed by atoms with Gasteiger partial charge in [0.15, 0.2) is 46.9 Å². The third-order valence-corrected chi connectivity index (χ3v) is 15.1. The maximum absolute atomic E-state index is 13.1. The predicted molar refractivity (Wildman–Crippen MR) is 301 cm³/mol. The molecule has 8 unspecified atom stereocenters. The zero-order valence-electron chi connectivity index (χ0n) is 48.1. The molecule has 17 N–H and O–H groups in total. The topological polar surface area (TPSA) is 500 Å². The van der Waals surface area contributed by atoms with E-state index in [0.717, 1.165) is 30.4 Å². The molecule has 4 aromatic carbocycles. The molecule has 4 aliphatic rings. The lowest BCUT2D eigenvalue weighted by atomic mass is 9.98. The number of rotatable bonds is 20. The summed E-state index contributed by atoms with van der Waals surface area (Å²) in [5, 5.41) is 181. The van der Waals surface area contributed by atoms with Crippen molar-refractivity contribution in [1.29, 1.82) is 0 Å². The van der Waals surface area contributed by atoms with Gasteiger partial charge in [-0.05, 0) is 54.5 Å². The second kappa shape index (κ2) is 28.7. The number of esters is 2. The minimum atomic E-state index is -2.05. The van der Waals surface area contributed by atoms with Gasteiger partial charge in [-0.1, -0.05) is 12.1 Å². The van der Waals surface area contributed by atoms with Crippen LogP contribution in [-0.4, -0.2) is 256 Å². The number of benzene rings is 4. The molecule has 494 valence electrons. The van der Waals surface area contributed by atoms with E-state index >= 15 is 0 Å². The molecule has 32 nitrogen and oxygen atoms in total. The highest BCUT2D eigenvalue weighted by Crippen LogP contribution is 2.47. The molecule has 20 atom stereocenters. The average molecular weight is 1290 g/mol. The Kier molecular flexibility index (Phi) is 21.3. The minimum Gasteiger partial charge on any atom is -0.507 e. The van der Waals surface area contributed by atoms with Crippen LogP contribution in [0.5, 0.6) is 57.5 Å². The van der Waals surface area contributed by atoms with E-state index in [4.69, 9.17) is 61.3 Å². The summed E-state index contributed by atoms with van der Waals surface area (Å²) in [5.74, 6) is -5.73. The molecule has 0 amide bonds. The Morgan fingerprint density at radius 1 is 0.505 bits per heavy atom. The van der Waals surface area contributed by atoms with Crippen LogP contribution in [0, 0.1) is 0 Å². The number of fused-ring (bicyclic) bond motifs is 1. The van der Waals surface area contributed by atoms with Gasteiger partial charge in [0.05, 0.1) is 45.2 Å². The summed E-state index contributed by atoms with van der Waals surface area (Å²) < 4.78 is 73.7. The van der Waals surface area contributed by atoms with E-state index in [1.54, 1.807) is 0 Å². The summed E-state index contributed by atoms with van der Waals surface area (Å²) in [6.07, 6.45) is -30.9. The number of hydrogen-bond donors (Lipinski definition) is 17. The van der Waals surface area contributed by atoms with E-state index in [1.165, 1.54) is 81.8 Å². The van der Waals surface area contributed by atoms with Crippen LogP contribution in [-0.2, 0) is 42.7 Å². The number of ether oxygens (including phenoxy) is 12. The Hall–Kier alpha value is -7.97. The van der Waals surface area contributed by atoms with Crippen LogP contribution in [0.4, 0.5) is 0 Å². The fourth-order valence-electron chi connectivity index (χ4n) is 10.0. The Balaban J connectivity index is 0.832. The SMILES string of the molecule is COc1cc(-c2[o+]c3cc(O)cc(O[C@@H]4OC(CO)[C@@H](O)[C@H](O)C4O)c3cc2O[C@@H]2O[C@H](CO[C@@H]3OC(C)[C@H](OC(=O)/C=C/c4ccc(O[C@@H]5OC(COC(=O)/C=C/c6ccc(O)c(O)c6)[C@@H](O)[C@H](O)C5O)c(O)c4)C(O)[C@@H]3O)[C@@H](O)C(O)C2O)cc(OC)c1O. The first-order valence-electron chi connectivity index (χ1n) is 27.8. The number of aliphatic hydroxyl groups excluding tert-OH is 12. The van der Waals surface area contributed by atoms with Gasteiger partial charge in [0.1, 0.15) is 109 Å². The van der Waals surface area contributed by atoms with Crippen molar-refractivity contribution in [3.63, 3.8) is 0 Å². The molecule has 4 saturated heterocycles. The summed E-state index contributed by atoms with van der Waals surface area (Å²) in [7, 11) is 2.48. The second-order valence-corrected chi connectivity index (χ2v) is 21.3. The van der Waals surface area contributed by atoms with Crippen LogP contribution in [0.3, 0.4) is 0 Å². The fraction of sp³-hybridized carbons (Fsp3) is 0.441. The number of hydrogen-bond acceptors (Lipinski definition) is 31. The predicted octanol–water partition coefficient (Wildman–Crippen LogP) is -2.16. The van der Waals surface area contributed by atoms with Crippen LogP contribution < -0.4 is 23.7 Å². The Morgan fingerprint density at radius 2 is 1.02 bits per heavy atom. The molecule has 91 heavy (non-hydrogen) atoms. The van der Waals surface area contributed by atoms with E-state index in [9.17, 15) is 96.4 Å². The number of phenols is 5. The summed E-state index contributed by atoms with van der Waals surface area (Å²) in [6, 6.07) is 13.5. The molecule has 4 fully saturated rings. The van der Waals surface area contributed by atoms with Crippen molar-refractivity contribution in [2.75, 3.05) is 34.0 Å². The minimum absolute atomic E-state index is 0.0583. The quantitative estimate of drug-likeness (QED) is 0.0171. The van der Waals surface area contributed by atoms with Crippen molar-refractivity contribution in [2.45, 2.75) is 130 Å². The largest absolute Gasteiger partial charge is 0.507 e. The zero-order valence-corrected chi connectivity index (χ0v) is 48.1. The number of methoxy groups -OCH3 is 2. The number of phenolic OH excluding ortho intramolecular Hbond substituents is 5. The molecule has 1 aromatic heterocycles. The molecular weight excluding hydrogens is 1220 g/mol. The van der Waals surface area contributed by atoms with Crippen LogP contribution >= 0.6 is 0 Å². The van der Waals surface area contributed by atoms with Gasteiger partial charge in [0.2, 0.25) is 30.4 Å². The normalized spacial score (nSPS) is 31.9. The molecule has 0 bridgehead atoms. The van der Waals surface area contributed by atoms with E-state index in [2.05, 4.69) is 0 Å². The van der Waals surface area contributed by atoms with Crippen molar-refractivity contribution in [3.8, 4) is 68.8 Å². The van der Waals surface area contributed by atoms with Gasteiger partial charge in [-0.15, -0.1) is 0 Å². The summed E-state index contributed by atoms with van der Waals surface area (Å²) in [5.41, 5.74) is 0.402. The molecular formula is C59H67O32+. The van der Waals surface area contributed by atoms with Crippen molar-refractivity contribution < 1.29 is 158 Å². The number of carbonyl (C=O) groups is 2. The number of carbonyl (C=O) groups excluding carboxylic acids is 2. The van der Waals surface area contributed by atoms with Crippen molar-refractivity contribution >= 4 is 35.1 Å². The molecule has 0 radical (unpaired) electrons. The van der Waals surface area contributed by atoms with Crippen molar-refractivity contribution in [2.24, 2.45) is 0 Å². The monoisotopic (exact) mass is 1290 g/mol. The van der Waals surface area contributed by atoms with E-state index in [-0.39, 0.29) is 62.4 Å².